The summed E-state index contributed by atoms with van der Waals surface area (Å²) in [6.45, 7) is 0. The lowest BCUT2D eigenvalue weighted by atomic mass is 10.1. The van der Waals surface area contributed by atoms with E-state index in [1.165, 1.54) is 7.11 Å². The van der Waals surface area contributed by atoms with Gasteiger partial charge in [0.05, 0.1) is 29.4 Å². The fourth-order valence-electron chi connectivity index (χ4n) is 2.76. The third kappa shape index (κ3) is 3.46. The lowest BCUT2D eigenvalue weighted by Gasteiger charge is -2.02. The summed E-state index contributed by atoms with van der Waals surface area (Å²) in [7, 11) is 1.36. The number of carbonyl (C=O) groups excluding carboxylic acids is 1. The number of ether oxygens (including phenoxy) is 1. The van der Waals surface area contributed by atoms with E-state index >= 15 is 0 Å². The van der Waals surface area contributed by atoms with E-state index in [4.69, 9.17) is 4.74 Å². The van der Waals surface area contributed by atoms with Gasteiger partial charge >= 0.3 is 5.97 Å². The number of aromatic nitrogens is 3. The minimum absolute atomic E-state index is 0.379. The number of rotatable bonds is 4. The maximum absolute atomic E-state index is 11.7. The molecule has 4 rings (SSSR count). The normalized spacial score (nSPS) is 11.1. The number of aromatic amines is 1. The number of carbonyl (C=O) groups is 1. The Morgan fingerprint density at radius 2 is 1.93 bits per heavy atom. The van der Waals surface area contributed by atoms with Gasteiger partial charge in [-0.1, -0.05) is 12.1 Å². The van der Waals surface area contributed by atoms with Crippen LogP contribution in [-0.2, 0) is 4.74 Å². The van der Waals surface area contributed by atoms with Crippen LogP contribution in [0.25, 0.3) is 22.4 Å². The Balaban J connectivity index is 1.73. The summed E-state index contributed by atoms with van der Waals surface area (Å²) in [6, 6.07) is 16.8. The topological polar surface area (TPSA) is 80.2 Å². The van der Waals surface area contributed by atoms with Gasteiger partial charge in [0.2, 0.25) is 0 Å². The van der Waals surface area contributed by atoms with E-state index in [-0.39, 0.29) is 5.97 Å². The highest BCUT2D eigenvalue weighted by Crippen LogP contribution is 2.29. The minimum Gasteiger partial charge on any atom is -0.465 e. The van der Waals surface area contributed by atoms with Crippen LogP contribution < -0.4 is 0 Å². The molecule has 4 aromatic rings. The van der Waals surface area contributed by atoms with Crippen LogP contribution in [0.3, 0.4) is 0 Å². The second kappa shape index (κ2) is 7.21. The summed E-state index contributed by atoms with van der Waals surface area (Å²) in [4.78, 5) is 28.2. The monoisotopic (exact) mass is 356 g/mol. The molecule has 2 heterocycles. The molecule has 0 unspecified atom stereocenters. The third-order valence-corrected chi connectivity index (χ3v) is 4.12. The number of fused-ring (bicyclic) bond motifs is 1. The summed E-state index contributed by atoms with van der Waals surface area (Å²) in [5.74, 6) is 0.310. The zero-order valence-corrected chi connectivity index (χ0v) is 14.6. The second-order valence-corrected chi connectivity index (χ2v) is 5.86. The molecule has 0 atom stereocenters. The number of aliphatic imine (C=N–C) groups is 1. The standard InChI is InChI=1S/C21H16N4O2/c1-27-21(26)15-6-7-18-19(12-15)25-20(24-18)16-4-2-3-5-17(16)23-13-14-8-10-22-11-9-14/h2-13H,1H3,(H,24,25). The molecule has 27 heavy (non-hydrogen) atoms. The van der Waals surface area contributed by atoms with Gasteiger partial charge < -0.3 is 9.72 Å². The first-order valence-electron chi connectivity index (χ1n) is 8.36. The van der Waals surface area contributed by atoms with Gasteiger partial charge in [-0.15, -0.1) is 0 Å². The number of nitrogens with one attached hydrogen (secondary N) is 1. The third-order valence-electron chi connectivity index (χ3n) is 4.12. The summed E-state index contributed by atoms with van der Waals surface area (Å²) in [5.41, 5.74) is 4.64. The van der Waals surface area contributed by atoms with Gasteiger partial charge in [0.1, 0.15) is 5.82 Å². The highest BCUT2D eigenvalue weighted by Gasteiger charge is 2.12. The number of pyridine rings is 1. The minimum atomic E-state index is -0.379. The fraction of sp³-hybridized carbons (Fsp3) is 0.0476. The molecule has 0 saturated heterocycles. The molecule has 0 fully saturated rings. The van der Waals surface area contributed by atoms with Crippen molar-refractivity contribution in [2.75, 3.05) is 7.11 Å². The number of hydrogen-bond acceptors (Lipinski definition) is 5. The molecule has 0 aliphatic rings. The number of hydrogen-bond donors (Lipinski definition) is 1. The highest BCUT2D eigenvalue weighted by atomic mass is 16.5. The van der Waals surface area contributed by atoms with E-state index in [1.54, 1.807) is 36.8 Å². The van der Waals surface area contributed by atoms with Gasteiger partial charge in [-0.05, 0) is 48.0 Å². The van der Waals surface area contributed by atoms with Gasteiger partial charge in [0.15, 0.2) is 0 Å². The molecule has 2 aromatic heterocycles. The van der Waals surface area contributed by atoms with Crippen LogP contribution in [0.2, 0.25) is 0 Å². The molecule has 0 aliphatic carbocycles. The predicted octanol–water partition coefficient (Wildman–Crippen LogP) is 4.16. The summed E-state index contributed by atoms with van der Waals surface area (Å²) in [5, 5.41) is 0. The number of para-hydroxylation sites is 1. The van der Waals surface area contributed by atoms with Crippen molar-refractivity contribution in [3.05, 3.63) is 78.1 Å². The molecule has 1 N–H and O–H groups in total. The van der Waals surface area contributed by atoms with E-state index < -0.39 is 0 Å². The Hall–Kier alpha value is -3.80. The first-order chi connectivity index (χ1) is 13.2. The first kappa shape index (κ1) is 16.7. The highest BCUT2D eigenvalue weighted by molar-refractivity contribution is 5.94. The molecular weight excluding hydrogens is 340 g/mol. The average Bonchev–Trinajstić information content (AvgIpc) is 3.15. The van der Waals surface area contributed by atoms with Gasteiger partial charge in [0, 0.05) is 24.2 Å². The van der Waals surface area contributed by atoms with Crippen LogP contribution in [0, 0.1) is 0 Å². The summed E-state index contributed by atoms with van der Waals surface area (Å²) >= 11 is 0. The quantitative estimate of drug-likeness (QED) is 0.440. The predicted molar refractivity (Wildman–Crippen MR) is 104 cm³/mol. The molecule has 0 bridgehead atoms. The molecule has 6 nitrogen and oxygen atoms in total. The Morgan fingerprint density at radius 1 is 1.11 bits per heavy atom. The Labute approximate surface area is 155 Å². The molecule has 0 amide bonds. The molecular formula is C21H16N4O2. The van der Waals surface area contributed by atoms with Gasteiger partial charge in [-0.2, -0.15) is 0 Å². The average molecular weight is 356 g/mol. The van der Waals surface area contributed by atoms with Crippen LogP contribution in [0.4, 0.5) is 5.69 Å². The first-order valence-corrected chi connectivity index (χ1v) is 8.36. The fourth-order valence-corrected chi connectivity index (χ4v) is 2.76. The molecule has 0 saturated carbocycles. The molecule has 0 radical (unpaired) electrons. The number of imidazole rings is 1. The Morgan fingerprint density at radius 3 is 2.74 bits per heavy atom. The van der Waals surface area contributed by atoms with Crippen molar-refractivity contribution in [3.8, 4) is 11.4 Å². The van der Waals surface area contributed by atoms with Crippen molar-refractivity contribution >= 4 is 28.9 Å². The van der Waals surface area contributed by atoms with Crippen LogP contribution in [-0.4, -0.2) is 34.2 Å². The smallest absolute Gasteiger partial charge is 0.337 e. The van der Waals surface area contributed by atoms with Crippen molar-refractivity contribution in [1.29, 1.82) is 0 Å². The molecule has 0 spiro atoms. The van der Waals surface area contributed by atoms with Gasteiger partial charge in [-0.3, -0.25) is 9.98 Å². The van der Waals surface area contributed by atoms with E-state index in [0.29, 0.717) is 11.4 Å². The van der Waals surface area contributed by atoms with E-state index in [1.807, 2.05) is 36.4 Å². The van der Waals surface area contributed by atoms with Crippen molar-refractivity contribution in [2.24, 2.45) is 4.99 Å². The van der Waals surface area contributed by atoms with Crippen molar-refractivity contribution in [1.82, 2.24) is 15.0 Å². The molecule has 0 aliphatic heterocycles. The van der Waals surface area contributed by atoms with Crippen LogP contribution >= 0.6 is 0 Å². The molecule has 2 aromatic carbocycles. The number of benzene rings is 2. The van der Waals surface area contributed by atoms with E-state index in [0.717, 1.165) is 27.8 Å². The number of methoxy groups -OCH3 is 1. The second-order valence-electron chi connectivity index (χ2n) is 5.86. The molecule has 6 heteroatoms. The number of H-pyrrole nitrogens is 1. The summed E-state index contributed by atoms with van der Waals surface area (Å²) < 4.78 is 4.77. The maximum Gasteiger partial charge on any atom is 0.337 e. The largest absolute Gasteiger partial charge is 0.465 e. The molecule has 132 valence electrons. The van der Waals surface area contributed by atoms with Gasteiger partial charge in [-0.25, -0.2) is 9.78 Å². The maximum atomic E-state index is 11.7. The van der Waals surface area contributed by atoms with Crippen LogP contribution in [0.5, 0.6) is 0 Å². The lowest BCUT2D eigenvalue weighted by molar-refractivity contribution is 0.0601. The van der Waals surface area contributed by atoms with Gasteiger partial charge in [0.25, 0.3) is 0 Å². The van der Waals surface area contributed by atoms with Crippen LogP contribution in [0.15, 0.2) is 72.0 Å². The zero-order valence-electron chi connectivity index (χ0n) is 14.6. The lowest BCUT2D eigenvalue weighted by Crippen LogP contribution is -2.00. The van der Waals surface area contributed by atoms with Crippen molar-refractivity contribution < 1.29 is 9.53 Å². The van der Waals surface area contributed by atoms with Crippen molar-refractivity contribution in [2.45, 2.75) is 0 Å². The van der Waals surface area contributed by atoms with E-state index in [9.17, 15) is 4.79 Å². The van der Waals surface area contributed by atoms with Crippen LogP contribution in [0.1, 0.15) is 15.9 Å². The number of nitrogens with zero attached hydrogens (tertiary/aromatic N) is 3. The Bertz CT molecular complexity index is 1130. The van der Waals surface area contributed by atoms with Crippen molar-refractivity contribution in [3.63, 3.8) is 0 Å². The SMILES string of the molecule is COC(=O)c1ccc2nc(-c3ccccc3N=Cc3ccncc3)[nH]c2c1. The van der Waals surface area contributed by atoms with E-state index in [2.05, 4.69) is 19.9 Å². The Kier molecular flexibility index (Phi) is 4.45. The number of esters is 1. The summed E-state index contributed by atoms with van der Waals surface area (Å²) in [6.07, 6.45) is 5.25. The zero-order chi connectivity index (χ0) is 18.6.